The molecule has 0 aromatic heterocycles. The fraction of sp³-hybridized carbons (Fsp3) is 0.167. The van der Waals surface area contributed by atoms with Gasteiger partial charge in [-0.25, -0.2) is 4.79 Å². The van der Waals surface area contributed by atoms with Crippen molar-refractivity contribution in [1.29, 1.82) is 0 Å². The Hall–Kier alpha value is -2.30. The van der Waals surface area contributed by atoms with E-state index in [-0.39, 0.29) is 6.79 Å². The molecular formula is C12H10O5. The lowest BCUT2D eigenvalue weighted by atomic mass is 10.2. The molecule has 1 aromatic carbocycles. The summed E-state index contributed by atoms with van der Waals surface area (Å²) in [6.07, 6.45) is 2.68. The van der Waals surface area contributed by atoms with Gasteiger partial charge in [-0.3, -0.25) is 4.79 Å². The van der Waals surface area contributed by atoms with Gasteiger partial charge in [-0.05, 0) is 12.1 Å². The van der Waals surface area contributed by atoms with Gasteiger partial charge in [0.15, 0.2) is 11.5 Å². The Labute approximate surface area is 97.6 Å². The lowest BCUT2D eigenvalue weighted by molar-refractivity contribution is -0.154. The van der Waals surface area contributed by atoms with Crippen molar-refractivity contribution in [3.05, 3.63) is 29.8 Å². The molecule has 0 bridgehead atoms. The molecule has 5 nitrogen and oxygen atoms in total. The topological polar surface area (TPSA) is 61.8 Å². The number of hydrogen-bond acceptors (Lipinski definition) is 5. The number of ether oxygens (including phenoxy) is 3. The second-order valence-electron chi connectivity index (χ2n) is 3.33. The molecule has 88 valence electrons. The first-order valence-electron chi connectivity index (χ1n) is 4.96. The summed E-state index contributed by atoms with van der Waals surface area (Å²) in [5, 5.41) is 0. The largest absolute Gasteiger partial charge is 0.454 e. The minimum absolute atomic E-state index is 0.165. The van der Waals surface area contributed by atoms with E-state index in [0.717, 1.165) is 0 Å². The van der Waals surface area contributed by atoms with Crippen LogP contribution in [0.25, 0.3) is 6.08 Å². The van der Waals surface area contributed by atoms with Gasteiger partial charge < -0.3 is 14.2 Å². The minimum atomic E-state index is -0.714. The van der Waals surface area contributed by atoms with Crippen molar-refractivity contribution in [2.45, 2.75) is 6.92 Å². The Morgan fingerprint density at radius 3 is 2.94 bits per heavy atom. The summed E-state index contributed by atoms with van der Waals surface area (Å²) in [5.74, 6) is -0.141. The molecule has 17 heavy (non-hydrogen) atoms. The fourth-order valence-corrected chi connectivity index (χ4v) is 1.42. The van der Waals surface area contributed by atoms with Crippen LogP contribution >= 0.6 is 0 Å². The number of hydrogen-bond donors (Lipinski definition) is 0. The van der Waals surface area contributed by atoms with Crippen LogP contribution in [-0.4, -0.2) is 18.7 Å². The third-order valence-electron chi connectivity index (χ3n) is 2.07. The van der Waals surface area contributed by atoms with Crippen LogP contribution in [0.4, 0.5) is 0 Å². The first-order valence-corrected chi connectivity index (χ1v) is 4.96. The van der Waals surface area contributed by atoms with Gasteiger partial charge >= 0.3 is 11.9 Å². The van der Waals surface area contributed by atoms with E-state index in [1.165, 1.54) is 19.1 Å². The lowest BCUT2D eigenvalue weighted by Gasteiger charge is -1.99. The van der Waals surface area contributed by atoms with Gasteiger partial charge in [-0.15, -0.1) is 0 Å². The number of benzene rings is 1. The maximum Gasteiger partial charge on any atom is 0.338 e. The first-order chi connectivity index (χ1) is 8.16. The lowest BCUT2D eigenvalue weighted by Crippen LogP contribution is -2.05. The monoisotopic (exact) mass is 234 g/mol. The Morgan fingerprint density at radius 1 is 1.35 bits per heavy atom. The van der Waals surface area contributed by atoms with Crippen molar-refractivity contribution in [2.75, 3.05) is 6.79 Å². The SMILES string of the molecule is CC(=O)OC(=O)C=Cc1cccc2c1OCO2. The van der Waals surface area contributed by atoms with Crippen LogP contribution in [0.2, 0.25) is 0 Å². The van der Waals surface area contributed by atoms with Gasteiger partial charge in [0.2, 0.25) is 6.79 Å². The van der Waals surface area contributed by atoms with Gasteiger partial charge in [0.1, 0.15) is 0 Å². The molecule has 0 atom stereocenters. The van der Waals surface area contributed by atoms with Crippen LogP contribution in [0.15, 0.2) is 24.3 Å². The molecule has 1 heterocycles. The van der Waals surface area contributed by atoms with Crippen molar-refractivity contribution < 1.29 is 23.8 Å². The van der Waals surface area contributed by atoms with E-state index in [1.54, 1.807) is 18.2 Å². The highest BCUT2D eigenvalue weighted by atomic mass is 16.7. The molecule has 0 saturated carbocycles. The quantitative estimate of drug-likeness (QED) is 0.441. The van der Waals surface area contributed by atoms with Crippen molar-refractivity contribution in [3.8, 4) is 11.5 Å². The third-order valence-corrected chi connectivity index (χ3v) is 2.07. The Kier molecular flexibility index (Phi) is 3.09. The summed E-state index contributed by atoms with van der Waals surface area (Å²) in [6.45, 7) is 1.33. The summed E-state index contributed by atoms with van der Waals surface area (Å²) in [6, 6.07) is 5.32. The van der Waals surface area contributed by atoms with Crippen molar-refractivity contribution in [1.82, 2.24) is 0 Å². The van der Waals surface area contributed by atoms with Gasteiger partial charge in [-0.1, -0.05) is 12.1 Å². The van der Waals surface area contributed by atoms with Crippen LogP contribution in [0, 0.1) is 0 Å². The third kappa shape index (κ3) is 2.63. The molecule has 0 aliphatic carbocycles. The molecule has 0 fully saturated rings. The van der Waals surface area contributed by atoms with Crippen LogP contribution in [0.3, 0.4) is 0 Å². The summed E-state index contributed by atoms with van der Waals surface area (Å²) in [4.78, 5) is 21.7. The molecule has 1 aliphatic rings. The van der Waals surface area contributed by atoms with E-state index in [1.807, 2.05) is 0 Å². The van der Waals surface area contributed by atoms with Crippen molar-refractivity contribution in [3.63, 3.8) is 0 Å². The van der Waals surface area contributed by atoms with Gasteiger partial charge in [0.05, 0.1) is 0 Å². The molecule has 0 saturated heterocycles. The van der Waals surface area contributed by atoms with E-state index >= 15 is 0 Å². The summed E-state index contributed by atoms with van der Waals surface area (Å²) in [5.41, 5.74) is 0.695. The van der Waals surface area contributed by atoms with Gasteiger partial charge in [-0.2, -0.15) is 0 Å². The number of carbonyl (C=O) groups excluding carboxylic acids is 2. The molecule has 0 spiro atoms. The van der Waals surface area contributed by atoms with Gasteiger partial charge in [0, 0.05) is 18.6 Å². The van der Waals surface area contributed by atoms with E-state index in [9.17, 15) is 9.59 Å². The smallest absolute Gasteiger partial charge is 0.338 e. The zero-order valence-electron chi connectivity index (χ0n) is 9.14. The standard InChI is InChI=1S/C12H10O5/c1-8(13)17-11(14)6-5-9-3-2-4-10-12(9)16-7-15-10/h2-6H,7H2,1H3. The van der Waals surface area contributed by atoms with Crippen LogP contribution < -0.4 is 9.47 Å². The minimum Gasteiger partial charge on any atom is -0.454 e. The highest BCUT2D eigenvalue weighted by Crippen LogP contribution is 2.35. The van der Waals surface area contributed by atoms with Gasteiger partial charge in [0.25, 0.3) is 0 Å². The maximum absolute atomic E-state index is 11.1. The normalized spacial score (nSPS) is 12.8. The van der Waals surface area contributed by atoms with Crippen LogP contribution in [0.5, 0.6) is 11.5 Å². The number of carbonyl (C=O) groups is 2. The molecule has 1 aliphatic heterocycles. The molecule has 2 rings (SSSR count). The zero-order chi connectivity index (χ0) is 12.3. The van der Waals surface area contributed by atoms with E-state index in [0.29, 0.717) is 17.1 Å². The second-order valence-corrected chi connectivity index (χ2v) is 3.33. The predicted molar refractivity (Wildman–Crippen MR) is 58.4 cm³/mol. The molecule has 5 heteroatoms. The number of esters is 2. The molecule has 0 amide bonds. The number of rotatable bonds is 2. The summed E-state index contributed by atoms with van der Waals surface area (Å²) in [7, 11) is 0. The average Bonchev–Trinajstić information content (AvgIpc) is 2.73. The van der Waals surface area contributed by atoms with E-state index in [2.05, 4.69) is 4.74 Å². The number of fused-ring (bicyclic) bond motifs is 1. The zero-order valence-corrected chi connectivity index (χ0v) is 9.14. The highest BCUT2D eigenvalue weighted by Gasteiger charge is 2.15. The predicted octanol–water partition coefficient (Wildman–Crippen LogP) is 1.52. The van der Waals surface area contributed by atoms with E-state index < -0.39 is 11.9 Å². The summed E-state index contributed by atoms with van der Waals surface area (Å²) < 4.78 is 14.8. The van der Waals surface area contributed by atoms with Crippen molar-refractivity contribution >= 4 is 18.0 Å². The van der Waals surface area contributed by atoms with Crippen molar-refractivity contribution in [2.24, 2.45) is 0 Å². The van der Waals surface area contributed by atoms with Crippen LogP contribution in [0.1, 0.15) is 12.5 Å². The fourth-order valence-electron chi connectivity index (χ4n) is 1.42. The Balaban J connectivity index is 2.14. The number of para-hydroxylation sites is 1. The molecule has 0 unspecified atom stereocenters. The maximum atomic E-state index is 11.1. The molecular weight excluding hydrogens is 224 g/mol. The molecule has 0 radical (unpaired) electrons. The second kappa shape index (κ2) is 4.69. The molecule has 0 N–H and O–H groups in total. The Morgan fingerprint density at radius 2 is 2.18 bits per heavy atom. The Bertz CT molecular complexity index is 490. The molecule has 1 aromatic rings. The van der Waals surface area contributed by atoms with E-state index in [4.69, 9.17) is 9.47 Å². The van der Waals surface area contributed by atoms with Crippen LogP contribution in [-0.2, 0) is 14.3 Å². The summed E-state index contributed by atoms with van der Waals surface area (Å²) >= 11 is 0. The highest BCUT2D eigenvalue weighted by molar-refractivity contribution is 5.94. The first kappa shape index (κ1) is 11.2. The average molecular weight is 234 g/mol.